The van der Waals surface area contributed by atoms with Crippen molar-refractivity contribution < 1.29 is 9.53 Å². The Morgan fingerprint density at radius 3 is 2.96 bits per heavy atom. The molecule has 0 unspecified atom stereocenters. The fourth-order valence-electron chi connectivity index (χ4n) is 2.56. The monoisotopic (exact) mass is 369 g/mol. The third kappa shape index (κ3) is 5.13. The van der Waals surface area contributed by atoms with Gasteiger partial charge in [-0.15, -0.1) is 5.10 Å². The average Bonchev–Trinajstić information content (AvgIpc) is 3.35. The molecule has 9 nitrogen and oxygen atoms in total. The van der Waals surface area contributed by atoms with Gasteiger partial charge in [-0.25, -0.2) is 4.68 Å². The second-order valence-corrected chi connectivity index (χ2v) is 6.33. The number of tetrazole rings is 1. The highest BCUT2D eigenvalue weighted by Crippen LogP contribution is 2.15. The van der Waals surface area contributed by atoms with Crippen LogP contribution in [0, 0.1) is 0 Å². The molecular weight excluding hydrogens is 346 g/mol. The van der Waals surface area contributed by atoms with Crippen molar-refractivity contribution >= 4 is 5.91 Å². The van der Waals surface area contributed by atoms with Crippen LogP contribution in [0.3, 0.4) is 0 Å². The lowest BCUT2D eigenvalue weighted by Gasteiger charge is -2.10. The van der Waals surface area contributed by atoms with E-state index in [1.54, 1.807) is 35.1 Å². The maximum absolute atomic E-state index is 12.3. The van der Waals surface area contributed by atoms with E-state index in [1.165, 1.54) is 0 Å². The number of carbonyl (C=O) groups excluding carboxylic acids is 1. The summed E-state index contributed by atoms with van der Waals surface area (Å²) in [5, 5.41) is 18.6. The minimum atomic E-state index is -0.132. The SMILES string of the molecule is CC(C)n1nnnc1COc1cccc(C(=O)NCCCn2cccn2)c1. The van der Waals surface area contributed by atoms with Gasteiger partial charge in [-0.3, -0.25) is 9.48 Å². The smallest absolute Gasteiger partial charge is 0.251 e. The lowest BCUT2D eigenvalue weighted by atomic mass is 10.2. The van der Waals surface area contributed by atoms with E-state index in [-0.39, 0.29) is 18.6 Å². The van der Waals surface area contributed by atoms with Gasteiger partial charge in [0.25, 0.3) is 5.91 Å². The number of nitrogens with zero attached hydrogens (tertiary/aromatic N) is 6. The van der Waals surface area contributed by atoms with E-state index < -0.39 is 0 Å². The number of hydrogen-bond donors (Lipinski definition) is 1. The van der Waals surface area contributed by atoms with Crippen LogP contribution >= 0.6 is 0 Å². The number of aryl methyl sites for hydroxylation is 1. The van der Waals surface area contributed by atoms with Crippen molar-refractivity contribution in [3.05, 3.63) is 54.1 Å². The topological polar surface area (TPSA) is 99.8 Å². The molecule has 3 aromatic rings. The first-order chi connectivity index (χ1) is 13.1. The molecule has 1 aromatic carbocycles. The van der Waals surface area contributed by atoms with Crippen molar-refractivity contribution in [2.24, 2.45) is 0 Å². The number of aromatic nitrogens is 6. The Labute approximate surface area is 157 Å². The Balaban J connectivity index is 1.50. The molecule has 2 aromatic heterocycles. The van der Waals surface area contributed by atoms with E-state index in [9.17, 15) is 4.79 Å². The van der Waals surface area contributed by atoms with Gasteiger partial charge in [0.15, 0.2) is 5.82 Å². The van der Waals surface area contributed by atoms with Crippen molar-refractivity contribution in [1.29, 1.82) is 0 Å². The molecule has 1 N–H and O–H groups in total. The van der Waals surface area contributed by atoms with Gasteiger partial charge in [-0.1, -0.05) is 6.07 Å². The number of ether oxygens (including phenoxy) is 1. The zero-order valence-corrected chi connectivity index (χ0v) is 15.4. The molecular formula is C18H23N7O2. The van der Waals surface area contributed by atoms with Gasteiger partial charge in [0.2, 0.25) is 0 Å². The van der Waals surface area contributed by atoms with E-state index in [0.717, 1.165) is 13.0 Å². The highest BCUT2D eigenvalue weighted by atomic mass is 16.5. The number of rotatable bonds is 9. The van der Waals surface area contributed by atoms with Crippen LogP contribution in [0.25, 0.3) is 0 Å². The minimum Gasteiger partial charge on any atom is -0.486 e. The molecule has 0 aliphatic carbocycles. The van der Waals surface area contributed by atoms with E-state index >= 15 is 0 Å². The Morgan fingerprint density at radius 2 is 2.19 bits per heavy atom. The first kappa shape index (κ1) is 18.6. The summed E-state index contributed by atoms with van der Waals surface area (Å²) in [6.45, 7) is 5.57. The first-order valence-electron chi connectivity index (χ1n) is 8.88. The number of amides is 1. The molecule has 0 saturated carbocycles. The Bertz CT molecular complexity index is 858. The third-order valence-electron chi connectivity index (χ3n) is 3.92. The van der Waals surface area contributed by atoms with Crippen molar-refractivity contribution in [3.63, 3.8) is 0 Å². The summed E-state index contributed by atoms with van der Waals surface area (Å²) in [5.41, 5.74) is 0.551. The third-order valence-corrected chi connectivity index (χ3v) is 3.92. The predicted molar refractivity (Wildman–Crippen MR) is 98.2 cm³/mol. The zero-order valence-electron chi connectivity index (χ0n) is 15.4. The van der Waals surface area contributed by atoms with E-state index in [4.69, 9.17) is 4.74 Å². The number of benzene rings is 1. The Morgan fingerprint density at radius 1 is 1.30 bits per heavy atom. The first-order valence-corrected chi connectivity index (χ1v) is 8.88. The molecule has 0 atom stereocenters. The molecule has 0 spiro atoms. The molecule has 0 bridgehead atoms. The number of hydrogen-bond acceptors (Lipinski definition) is 6. The molecule has 9 heteroatoms. The van der Waals surface area contributed by atoms with Crippen LogP contribution in [0.15, 0.2) is 42.7 Å². The number of nitrogens with one attached hydrogen (secondary N) is 1. The van der Waals surface area contributed by atoms with E-state index in [2.05, 4.69) is 25.9 Å². The van der Waals surface area contributed by atoms with Crippen LogP contribution in [0.5, 0.6) is 5.75 Å². The summed E-state index contributed by atoms with van der Waals surface area (Å²) >= 11 is 0. The van der Waals surface area contributed by atoms with Gasteiger partial charge in [-0.2, -0.15) is 5.10 Å². The van der Waals surface area contributed by atoms with Crippen molar-refractivity contribution in [2.45, 2.75) is 39.5 Å². The molecule has 0 aliphatic heterocycles. The van der Waals surface area contributed by atoms with Gasteiger partial charge < -0.3 is 10.1 Å². The fourth-order valence-corrected chi connectivity index (χ4v) is 2.56. The van der Waals surface area contributed by atoms with E-state index in [0.29, 0.717) is 23.7 Å². The summed E-state index contributed by atoms with van der Waals surface area (Å²) in [6, 6.07) is 9.10. The summed E-state index contributed by atoms with van der Waals surface area (Å²) in [4.78, 5) is 12.3. The fraction of sp³-hybridized carbons (Fsp3) is 0.389. The minimum absolute atomic E-state index is 0.132. The standard InChI is InChI=1S/C18H23N7O2/c1-14(2)25-17(21-22-23-25)13-27-16-7-3-6-15(12-16)18(26)19-8-4-10-24-11-5-9-20-24/h3,5-7,9,11-12,14H,4,8,10,13H2,1-2H3,(H,19,26). The molecule has 3 rings (SSSR count). The van der Waals surface area contributed by atoms with Crippen LogP contribution in [-0.4, -0.2) is 42.4 Å². The molecule has 2 heterocycles. The van der Waals surface area contributed by atoms with Gasteiger partial charge in [-0.05, 0) is 55.0 Å². The Hall–Kier alpha value is -3.23. The maximum Gasteiger partial charge on any atom is 0.251 e. The normalized spacial score (nSPS) is 10.9. The average molecular weight is 369 g/mol. The quantitative estimate of drug-likeness (QED) is 0.578. The maximum atomic E-state index is 12.3. The van der Waals surface area contributed by atoms with Crippen LogP contribution in [0.4, 0.5) is 0 Å². The second kappa shape index (κ2) is 8.93. The molecule has 0 fully saturated rings. The predicted octanol–water partition coefficient (Wildman–Crippen LogP) is 1.85. The van der Waals surface area contributed by atoms with Gasteiger partial charge in [0, 0.05) is 31.0 Å². The zero-order chi connectivity index (χ0) is 19.1. The summed E-state index contributed by atoms with van der Waals surface area (Å²) in [5.74, 6) is 1.10. The summed E-state index contributed by atoms with van der Waals surface area (Å²) in [6.07, 6.45) is 4.45. The van der Waals surface area contributed by atoms with Crippen molar-refractivity contribution in [1.82, 2.24) is 35.3 Å². The van der Waals surface area contributed by atoms with Gasteiger partial charge >= 0.3 is 0 Å². The highest BCUT2D eigenvalue weighted by molar-refractivity contribution is 5.94. The van der Waals surface area contributed by atoms with Gasteiger partial charge in [0.05, 0.1) is 6.04 Å². The number of carbonyl (C=O) groups is 1. The lowest BCUT2D eigenvalue weighted by Crippen LogP contribution is -2.25. The summed E-state index contributed by atoms with van der Waals surface area (Å²) < 4.78 is 9.29. The van der Waals surface area contributed by atoms with Crippen LogP contribution in [0.2, 0.25) is 0 Å². The second-order valence-electron chi connectivity index (χ2n) is 6.33. The molecule has 0 radical (unpaired) electrons. The molecule has 1 amide bonds. The van der Waals surface area contributed by atoms with Crippen LogP contribution < -0.4 is 10.1 Å². The van der Waals surface area contributed by atoms with Gasteiger partial charge in [0.1, 0.15) is 12.4 Å². The highest BCUT2D eigenvalue weighted by Gasteiger charge is 2.11. The molecule has 0 aliphatic rings. The lowest BCUT2D eigenvalue weighted by molar-refractivity contribution is 0.0952. The van der Waals surface area contributed by atoms with Crippen LogP contribution in [-0.2, 0) is 13.2 Å². The van der Waals surface area contributed by atoms with Crippen molar-refractivity contribution in [3.8, 4) is 5.75 Å². The largest absolute Gasteiger partial charge is 0.486 e. The Kier molecular flexibility index (Phi) is 6.14. The van der Waals surface area contributed by atoms with Crippen molar-refractivity contribution in [2.75, 3.05) is 6.54 Å². The molecule has 0 saturated heterocycles. The van der Waals surface area contributed by atoms with E-state index in [1.807, 2.05) is 30.8 Å². The summed E-state index contributed by atoms with van der Waals surface area (Å²) in [7, 11) is 0. The molecule has 142 valence electrons. The van der Waals surface area contributed by atoms with Crippen LogP contribution in [0.1, 0.15) is 42.5 Å². The molecule has 27 heavy (non-hydrogen) atoms.